The summed E-state index contributed by atoms with van der Waals surface area (Å²) in [5.74, 6) is 1.53. The lowest BCUT2D eigenvalue weighted by Gasteiger charge is -2.27. The van der Waals surface area contributed by atoms with Crippen molar-refractivity contribution in [1.82, 2.24) is 15.5 Å². The van der Waals surface area contributed by atoms with Gasteiger partial charge in [0.05, 0.1) is 6.04 Å². The third-order valence-corrected chi connectivity index (χ3v) is 4.85. The molecule has 1 atom stereocenters. The van der Waals surface area contributed by atoms with Crippen LogP contribution < -0.4 is 10.6 Å². The van der Waals surface area contributed by atoms with Crippen molar-refractivity contribution >= 4 is 41.3 Å². The fraction of sp³-hybridized carbons (Fsp3) is 0.706. The second-order valence-electron chi connectivity index (χ2n) is 6.27. The number of aliphatic imine (C=N–C) groups is 1. The van der Waals surface area contributed by atoms with Gasteiger partial charge in [-0.25, -0.2) is 0 Å². The van der Waals surface area contributed by atoms with Gasteiger partial charge in [0.25, 0.3) is 0 Å². The van der Waals surface area contributed by atoms with Crippen LogP contribution in [0.2, 0.25) is 0 Å². The molecule has 1 aliphatic heterocycles. The van der Waals surface area contributed by atoms with Crippen LogP contribution in [0.1, 0.15) is 44.5 Å². The summed E-state index contributed by atoms with van der Waals surface area (Å²) < 4.78 is 0. The van der Waals surface area contributed by atoms with Crippen LogP contribution in [-0.2, 0) is 0 Å². The maximum atomic E-state index is 4.67. The smallest absolute Gasteiger partial charge is 0.191 e. The maximum absolute atomic E-state index is 4.67. The summed E-state index contributed by atoms with van der Waals surface area (Å²) in [4.78, 5) is 8.73. The highest BCUT2D eigenvalue weighted by Gasteiger charge is 2.24. The van der Waals surface area contributed by atoms with Gasteiger partial charge in [0, 0.05) is 24.5 Å². The molecule has 1 aromatic rings. The van der Waals surface area contributed by atoms with E-state index >= 15 is 0 Å². The van der Waals surface area contributed by atoms with Crippen LogP contribution in [0.15, 0.2) is 22.5 Å². The fourth-order valence-electron chi connectivity index (χ4n) is 2.75. The highest BCUT2D eigenvalue weighted by atomic mass is 127. The van der Waals surface area contributed by atoms with E-state index in [-0.39, 0.29) is 24.0 Å². The Bertz CT molecular complexity index is 441. The zero-order valence-electron chi connectivity index (χ0n) is 14.5. The summed E-state index contributed by atoms with van der Waals surface area (Å²) in [6, 6.07) is 4.87. The molecular formula is C17H31IN4S. The molecule has 0 spiro atoms. The van der Waals surface area contributed by atoms with Crippen LogP contribution in [-0.4, -0.2) is 43.6 Å². The summed E-state index contributed by atoms with van der Waals surface area (Å²) in [6.45, 7) is 11.6. The van der Waals surface area contributed by atoms with Crippen LogP contribution in [0, 0.1) is 5.92 Å². The van der Waals surface area contributed by atoms with Crippen LogP contribution in [0.25, 0.3) is 0 Å². The van der Waals surface area contributed by atoms with Crippen LogP contribution in [0.4, 0.5) is 0 Å². The number of rotatable bonds is 7. The molecule has 0 aliphatic carbocycles. The number of guanidine groups is 1. The van der Waals surface area contributed by atoms with E-state index in [0.29, 0.717) is 12.0 Å². The van der Waals surface area contributed by atoms with Crippen molar-refractivity contribution in [1.29, 1.82) is 0 Å². The molecule has 23 heavy (non-hydrogen) atoms. The summed E-state index contributed by atoms with van der Waals surface area (Å²) in [7, 11) is 0. The van der Waals surface area contributed by atoms with E-state index in [1.54, 1.807) is 0 Å². The van der Waals surface area contributed by atoms with E-state index in [0.717, 1.165) is 25.6 Å². The predicted octanol–water partition coefficient (Wildman–Crippen LogP) is 3.71. The first-order chi connectivity index (χ1) is 10.7. The average Bonchev–Trinajstić information content (AvgIpc) is 3.18. The molecule has 4 nitrogen and oxygen atoms in total. The minimum absolute atomic E-state index is 0. The number of hydrogen-bond donors (Lipinski definition) is 2. The van der Waals surface area contributed by atoms with E-state index in [9.17, 15) is 0 Å². The van der Waals surface area contributed by atoms with E-state index in [1.807, 2.05) is 11.3 Å². The van der Waals surface area contributed by atoms with Gasteiger partial charge >= 0.3 is 0 Å². The molecule has 0 radical (unpaired) electrons. The number of halogens is 1. The summed E-state index contributed by atoms with van der Waals surface area (Å²) >= 11 is 1.86. The molecule has 2 heterocycles. The monoisotopic (exact) mass is 450 g/mol. The largest absolute Gasteiger partial charge is 0.357 e. The predicted molar refractivity (Wildman–Crippen MR) is 112 cm³/mol. The molecule has 0 aromatic carbocycles. The van der Waals surface area contributed by atoms with Gasteiger partial charge in [-0.3, -0.25) is 9.89 Å². The van der Waals surface area contributed by atoms with Crippen molar-refractivity contribution in [2.45, 2.75) is 39.7 Å². The lowest BCUT2D eigenvalue weighted by molar-refractivity contribution is 0.249. The number of hydrogen-bond acceptors (Lipinski definition) is 3. The third kappa shape index (κ3) is 6.97. The first-order valence-electron chi connectivity index (χ1n) is 8.50. The highest BCUT2D eigenvalue weighted by molar-refractivity contribution is 14.0. The van der Waals surface area contributed by atoms with Gasteiger partial charge < -0.3 is 10.6 Å². The second kappa shape index (κ2) is 11.3. The SMILES string of the molecule is CCNC(=NCC(C)C)NCC(c1cccs1)N1CCCC1.I. The molecule has 1 saturated heterocycles. The quantitative estimate of drug-likeness (QED) is 0.378. The highest BCUT2D eigenvalue weighted by Crippen LogP contribution is 2.27. The molecule has 132 valence electrons. The molecule has 0 bridgehead atoms. The van der Waals surface area contributed by atoms with E-state index < -0.39 is 0 Å². The molecule has 0 amide bonds. The van der Waals surface area contributed by atoms with Crippen molar-refractivity contribution in [2.24, 2.45) is 10.9 Å². The van der Waals surface area contributed by atoms with E-state index in [1.165, 1.54) is 30.8 Å². The van der Waals surface area contributed by atoms with Gasteiger partial charge in [0.1, 0.15) is 0 Å². The fourth-order valence-corrected chi connectivity index (χ4v) is 3.61. The lowest BCUT2D eigenvalue weighted by Crippen LogP contribution is -2.42. The Hall–Kier alpha value is -0.340. The molecule has 2 rings (SSSR count). The Kier molecular flexibility index (Phi) is 10.1. The minimum atomic E-state index is 0. The Morgan fingerprint density at radius 1 is 1.30 bits per heavy atom. The zero-order chi connectivity index (χ0) is 15.8. The van der Waals surface area contributed by atoms with Crippen LogP contribution in [0.3, 0.4) is 0 Å². The van der Waals surface area contributed by atoms with Crippen molar-refractivity contribution < 1.29 is 0 Å². The Labute approximate surface area is 162 Å². The zero-order valence-corrected chi connectivity index (χ0v) is 17.7. The molecule has 1 fully saturated rings. The summed E-state index contributed by atoms with van der Waals surface area (Å²) in [6.07, 6.45) is 2.65. The third-order valence-electron chi connectivity index (χ3n) is 3.87. The maximum Gasteiger partial charge on any atom is 0.191 e. The molecule has 6 heteroatoms. The Morgan fingerprint density at radius 3 is 2.61 bits per heavy atom. The standard InChI is InChI=1S/C17H30N4S.HI/c1-4-18-17(19-12-14(2)3)20-13-15(16-8-7-11-22-16)21-9-5-6-10-21;/h7-8,11,14-15H,4-6,9-10,12-13H2,1-3H3,(H2,18,19,20);1H. The van der Waals surface area contributed by atoms with Crippen LogP contribution >= 0.6 is 35.3 Å². The lowest BCUT2D eigenvalue weighted by atomic mass is 10.2. The first-order valence-corrected chi connectivity index (χ1v) is 9.38. The summed E-state index contributed by atoms with van der Waals surface area (Å²) in [5.41, 5.74) is 0. The van der Waals surface area contributed by atoms with Crippen molar-refractivity contribution in [3.63, 3.8) is 0 Å². The number of nitrogens with one attached hydrogen (secondary N) is 2. The molecule has 1 unspecified atom stereocenters. The van der Waals surface area contributed by atoms with Crippen LogP contribution in [0.5, 0.6) is 0 Å². The van der Waals surface area contributed by atoms with Crippen molar-refractivity contribution in [3.8, 4) is 0 Å². The van der Waals surface area contributed by atoms with Crippen molar-refractivity contribution in [3.05, 3.63) is 22.4 Å². The topological polar surface area (TPSA) is 39.7 Å². The average molecular weight is 450 g/mol. The Morgan fingerprint density at radius 2 is 2.04 bits per heavy atom. The molecular weight excluding hydrogens is 419 g/mol. The van der Waals surface area contributed by atoms with Gasteiger partial charge in [-0.1, -0.05) is 19.9 Å². The van der Waals surface area contributed by atoms with Gasteiger partial charge in [-0.15, -0.1) is 35.3 Å². The number of thiophene rings is 1. The van der Waals surface area contributed by atoms with E-state index in [2.05, 4.69) is 58.8 Å². The normalized spacial score (nSPS) is 17.1. The molecule has 1 aliphatic rings. The van der Waals surface area contributed by atoms with Gasteiger partial charge in [0.15, 0.2) is 5.96 Å². The molecule has 2 N–H and O–H groups in total. The molecule has 1 aromatic heterocycles. The van der Waals surface area contributed by atoms with Gasteiger partial charge in [-0.2, -0.15) is 0 Å². The van der Waals surface area contributed by atoms with Crippen molar-refractivity contribution in [2.75, 3.05) is 32.7 Å². The van der Waals surface area contributed by atoms with Gasteiger partial charge in [-0.05, 0) is 50.2 Å². The first kappa shape index (κ1) is 20.7. The summed E-state index contributed by atoms with van der Waals surface area (Å²) in [5, 5.41) is 9.08. The number of likely N-dealkylation sites (tertiary alicyclic amines) is 1. The minimum Gasteiger partial charge on any atom is -0.357 e. The Balaban J connectivity index is 0.00000264. The van der Waals surface area contributed by atoms with Gasteiger partial charge in [0.2, 0.25) is 0 Å². The van der Waals surface area contributed by atoms with E-state index in [4.69, 9.17) is 0 Å². The molecule has 0 saturated carbocycles. The number of nitrogens with zero attached hydrogens (tertiary/aromatic N) is 2. The second-order valence-corrected chi connectivity index (χ2v) is 7.25.